The molecule has 0 bridgehead atoms. The number of ether oxygens (including phenoxy) is 1. The van der Waals surface area contributed by atoms with Crippen LogP contribution in [0, 0.1) is 0 Å². The Bertz CT molecular complexity index is 1130. The van der Waals surface area contributed by atoms with Crippen molar-refractivity contribution in [3.63, 3.8) is 0 Å². The van der Waals surface area contributed by atoms with Crippen molar-refractivity contribution in [2.24, 2.45) is 0 Å². The summed E-state index contributed by atoms with van der Waals surface area (Å²) in [6.07, 6.45) is -2.78. The number of aromatic nitrogens is 1. The van der Waals surface area contributed by atoms with Crippen LogP contribution in [-0.4, -0.2) is 4.98 Å². The van der Waals surface area contributed by atoms with Gasteiger partial charge in [0.15, 0.2) is 0 Å². The topological polar surface area (TPSA) is 22.1 Å². The number of rotatable bonds is 4. The van der Waals surface area contributed by atoms with E-state index in [1.165, 1.54) is 17.4 Å². The number of para-hydroxylation sites is 1. The number of hydrogen-bond acceptors (Lipinski definition) is 3. The molecular formula is C22H14F3NOS. The number of thiazole rings is 1. The van der Waals surface area contributed by atoms with E-state index in [9.17, 15) is 13.2 Å². The smallest absolute Gasteiger partial charge is 0.416 e. The van der Waals surface area contributed by atoms with Gasteiger partial charge in [-0.1, -0.05) is 54.3 Å². The minimum Gasteiger partial charge on any atom is -0.430 e. The summed E-state index contributed by atoms with van der Waals surface area (Å²) in [7, 11) is 0. The van der Waals surface area contributed by atoms with Crippen LogP contribution in [0.15, 0.2) is 73.3 Å². The normalized spacial score (nSPS) is 11.5. The Hall–Kier alpha value is -3.12. The van der Waals surface area contributed by atoms with Gasteiger partial charge in [0.05, 0.1) is 15.8 Å². The molecule has 140 valence electrons. The third-order valence-corrected chi connectivity index (χ3v) is 5.13. The predicted octanol–water partition coefficient (Wildman–Crippen LogP) is 7.42. The van der Waals surface area contributed by atoms with E-state index >= 15 is 0 Å². The summed E-state index contributed by atoms with van der Waals surface area (Å²) in [5, 5.41) is 0.431. The molecule has 1 aromatic heterocycles. The molecule has 0 unspecified atom stereocenters. The maximum atomic E-state index is 13.1. The molecule has 4 aromatic rings. The number of benzene rings is 3. The molecular weight excluding hydrogens is 383 g/mol. The maximum absolute atomic E-state index is 13.1. The van der Waals surface area contributed by atoms with Crippen LogP contribution in [0.5, 0.6) is 10.9 Å². The molecule has 28 heavy (non-hydrogen) atoms. The van der Waals surface area contributed by atoms with E-state index in [4.69, 9.17) is 4.74 Å². The number of alkyl halides is 3. The zero-order chi connectivity index (χ0) is 19.7. The molecule has 0 N–H and O–H groups in total. The standard InChI is InChI=1S/C22H14F3NOS/c1-2-14-10-11-19(27-21-26-18-8-3-4-9-20(18)28-21)17(12-14)15-6-5-7-16(13-15)22(23,24)25/h2-13H,1H2. The summed E-state index contributed by atoms with van der Waals surface area (Å²) < 4.78 is 46.4. The van der Waals surface area contributed by atoms with Crippen molar-refractivity contribution >= 4 is 27.6 Å². The largest absolute Gasteiger partial charge is 0.430 e. The average molecular weight is 397 g/mol. The van der Waals surface area contributed by atoms with Crippen molar-refractivity contribution in [2.45, 2.75) is 6.18 Å². The van der Waals surface area contributed by atoms with E-state index in [-0.39, 0.29) is 0 Å². The summed E-state index contributed by atoms with van der Waals surface area (Å²) in [4.78, 5) is 4.44. The van der Waals surface area contributed by atoms with Gasteiger partial charge in [0.25, 0.3) is 5.19 Å². The van der Waals surface area contributed by atoms with E-state index in [2.05, 4.69) is 11.6 Å². The van der Waals surface area contributed by atoms with Crippen LogP contribution in [0.25, 0.3) is 27.4 Å². The Morgan fingerprint density at radius 3 is 2.54 bits per heavy atom. The van der Waals surface area contributed by atoms with Crippen molar-refractivity contribution in [1.82, 2.24) is 4.98 Å². The number of nitrogens with zero attached hydrogens (tertiary/aromatic N) is 1. The van der Waals surface area contributed by atoms with Gasteiger partial charge < -0.3 is 4.74 Å². The first-order valence-electron chi connectivity index (χ1n) is 8.41. The summed E-state index contributed by atoms with van der Waals surface area (Å²) >= 11 is 1.38. The van der Waals surface area contributed by atoms with Crippen LogP contribution in [0.3, 0.4) is 0 Å². The number of fused-ring (bicyclic) bond motifs is 1. The highest BCUT2D eigenvalue weighted by Gasteiger charge is 2.30. The summed E-state index contributed by atoms with van der Waals surface area (Å²) in [5.74, 6) is 0.434. The fourth-order valence-electron chi connectivity index (χ4n) is 2.84. The highest BCUT2D eigenvalue weighted by Crippen LogP contribution is 2.39. The molecule has 6 heteroatoms. The van der Waals surface area contributed by atoms with Crippen LogP contribution in [0.4, 0.5) is 13.2 Å². The van der Waals surface area contributed by atoms with Gasteiger partial charge in [-0.15, -0.1) is 0 Å². The second-order valence-electron chi connectivity index (χ2n) is 6.09. The van der Waals surface area contributed by atoms with Crippen LogP contribution in [0.2, 0.25) is 0 Å². The minimum atomic E-state index is -4.42. The first-order valence-corrected chi connectivity index (χ1v) is 9.23. The Kier molecular flexibility index (Phi) is 4.65. The van der Waals surface area contributed by atoms with Crippen molar-refractivity contribution in [1.29, 1.82) is 0 Å². The van der Waals surface area contributed by atoms with Crippen molar-refractivity contribution in [2.75, 3.05) is 0 Å². The van der Waals surface area contributed by atoms with E-state index in [0.717, 1.165) is 27.9 Å². The molecule has 0 atom stereocenters. The van der Waals surface area contributed by atoms with E-state index < -0.39 is 11.7 Å². The van der Waals surface area contributed by atoms with Gasteiger partial charge in [0, 0.05) is 5.56 Å². The summed E-state index contributed by atoms with van der Waals surface area (Å²) in [6.45, 7) is 3.73. The zero-order valence-electron chi connectivity index (χ0n) is 14.5. The van der Waals surface area contributed by atoms with Crippen LogP contribution in [-0.2, 0) is 6.18 Å². The Labute approximate surface area is 163 Å². The maximum Gasteiger partial charge on any atom is 0.416 e. The second-order valence-corrected chi connectivity index (χ2v) is 7.08. The van der Waals surface area contributed by atoms with Gasteiger partial charge in [0.2, 0.25) is 0 Å². The molecule has 0 saturated carbocycles. The molecule has 0 fully saturated rings. The molecule has 0 saturated heterocycles. The fourth-order valence-corrected chi connectivity index (χ4v) is 3.67. The quantitative estimate of drug-likeness (QED) is 0.357. The number of hydrogen-bond donors (Lipinski definition) is 0. The van der Waals surface area contributed by atoms with Gasteiger partial charge in [-0.2, -0.15) is 13.2 Å². The molecule has 0 radical (unpaired) electrons. The highest BCUT2D eigenvalue weighted by atomic mass is 32.1. The molecule has 1 heterocycles. The molecule has 4 rings (SSSR count). The first-order chi connectivity index (χ1) is 13.4. The van der Waals surface area contributed by atoms with Crippen molar-refractivity contribution < 1.29 is 17.9 Å². The van der Waals surface area contributed by atoms with Crippen LogP contribution < -0.4 is 4.74 Å². The molecule has 0 aliphatic rings. The molecule has 0 aliphatic heterocycles. The van der Waals surface area contributed by atoms with Gasteiger partial charge >= 0.3 is 6.18 Å². The number of halogens is 3. The van der Waals surface area contributed by atoms with Crippen molar-refractivity contribution in [3.05, 3.63) is 84.4 Å². The lowest BCUT2D eigenvalue weighted by atomic mass is 10.00. The Balaban J connectivity index is 1.79. The van der Waals surface area contributed by atoms with Gasteiger partial charge in [0.1, 0.15) is 5.75 Å². The van der Waals surface area contributed by atoms with Gasteiger partial charge in [-0.05, 0) is 47.5 Å². The molecule has 3 aromatic carbocycles. The van der Waals surface area contributed by atoms with E-state index in [0.29, 0.717) is 22.1 Å². The minimum absolute atomic E-state index is 0.412. The molecule has 0 amide bonds. The van der Waals surface area contributed by atoms with Crippen LogP contribution in [0.1, 0.15) is 11.1 Å². The van der Waals surface area contributed by atoms with E-state index in [1.54, 1.807) is 30.3 Å². The third kappa shape index (κ3) is 3.64. The Morgan fingerprint density at radius 1 is 0.964 bits per heavy atom. The zero-order valence-corrected chi connectivity index (χ0v) is 15.3. The van der Waals surface area contributed by atoms with Crippen molar-refractivity contribution in [3.8, 4) is 22.1 Å². The molecule has 0 spiro atoms. The molecule has 2 nitrogen and oxygen atoms in total. The Morgan fingerprint density at radius 2 is 1.79 bits per heavy atom. The monoisotopic (exact) mass is 397 g/mol. The van der Waals surface area contributed by atoms with Gasteiger partial charge in [-0.25, -0.2) is 4.98 Å². The van der Waals surface area contributed by atoms with Gasteiger partial charge in [-0.3, -0.25) is 0 Å². The molecule has 0 aliphatic carbocycles. The lowest BCUT2D eigenvalue weighted by molar-refractivity contribution is -0.137. The highest BCUT2D eigenvalue weighted by molar-refractivity contribution is 7.20. The lowest BCUT2D eigenvalue weighted by Crippen LogP contribution is -2.04. The third-order valence-electron chi connectivity index (χ3n) is 4.21. The van der Waals surface area contributed by atoms with Crippen LogP contribution >= 0.6 is 11.3 Å². The predicted molar refractivity (Wildman–Crippen MR) is 107 cm³/mol. The SMILES string of the molecule is C=Cc1ccc(Oc2nc3ccccc3s2)c(-c2cccc(C(F)(F)F)c2)c1. The average Bonchev–Trinajstić information content (AvgIpc) is 3.10. The second kappa shape index (κ2) is 7.13. The summed E-state index contributed by atoms with van der Waals surface area (Å²) in [6, 6.07) is 18.1. The first kappa shape index (κ1) is 18.3. The fraction of sp³-hybridized carbons (Fsp3) is 0.0455. The van der Waals surface area contributed by atoms with E-state index in [1.807, 2.05) is 24.3 Å². The lowest BCUT2D eigenvalue weighted by Gasteiger charge is -2.13. The summed E-state index contributed by atoms with van der Waals surface area (Å²) in [5.41, 5.74) is 1.84.